The third-order valence-electron chi connectivity index (χ3n) is 2.89. The molecule has 0 saturated heterocycles. The fraction of sp³-hybridized carbons (Fsp3) is 0.692. The van der Waals surface area contributed by atoms with Crippen LogP contribution >= 0.6 is 0 Å². The molecular formula is C13H23N3. The SMILES string of the molecule is CCCCC(CC)CNc1ccnc(C)n1. The summed E-state index contributed by atoms with van der Waals surface area (Å²) in [6.45, 7) is 7.44. The number of rotatable bonds is 7. The number of aryl methyl sites for hydroxylation is 1. The minimum atomic E-state index is 0.759. The quantitative estimate of drug-likeness (QED) is 0.766. The number of nitrogens with one attached hydrogen (secondary N) is 1. The first kappa shape index (κ1) is 12.9. The average molecular weight is 221 g/mol. The van der Waals surface area contributed by atoms with E-state index in [-0.39, 0.29) is 0 Å². The fourth-order valence-electron chi connectivity index (χ4n) is 1.75. The van der Waals surface area contributed by atoms with Gasteiger partial charge in [0.15, 0.2) is 0 Å². The molecule has 1 heterocycles. The molecule has 90 valence electrons. The Morgan fingerprint density at radius 1 is 1.38 bits per heavy atom. The molecule has 0 saturated carbocycles. The number of hydrogen-bond acceptors (Lipinski definition) is 3. The Hall–Kier alpha value is -1.12. The second kappa shape index (κ2) is 7.20. The number of nitrogens with zero attached hydrogens (tertiary/aromatic N) is 2. The van der Waals surface area contributed by atoms with Crippen LogP contribution in [0.25, 0.3) is 0 Å². The Morgan fingerprint density at radius 3 is 2.81 bits per heavy atom. The highest BCUT2D eigenvalue weighted by Crippen LogP contribution is 2.13. The second-order valence-corrected chi connectivity index (χ2v) is 4.29. The van der Waals surface area contributed by atoms with Crippen LogP contribution in [0.1, 0.15) is 45.4 Å². The van der Waals surface area contributed by atoms with E-state index in [2.05, 4.69) is 29.1 Å². The first-order chi connectivity index (χ1) is 7.76. The van der Waals surface area contributed by atoms with Crippen molar-refractivity contribution in [2.75, 3.05) is 11.9 Å². The monoisotopic (exact) mass is 221 g/mol. The van der Waals surface area contributed by atoms with Crippen molar-refractivity contribution < 1.29 is 0 Å². The van der Waals surface area contributed by atoms with Gasteiger partial charge < -0.3 is 5.32 Å². The average Bonchev–Trinajstić information content (AvgIpc) is 2.29. The van der Waals surface area contributed by atoms with Gasteiger partial charge in [0.25, 0.3) is 0 Å². The van der Waals surface area contributed by atoms with E-state index in [1.807, 2.05) is 13.0 Å². The van der Waals surface area contributed by atoms with Crippen molar-refractivity contribution in [2.24, 2.45) is 5.92 Å². The van der Waals surface area contributed by atoms with Crippen molar-refractivity contribution in [1.29, 1.82) is 0 Å². The third kappa shape index (κ3) is 4.60. The Labute approximate surface area is 98.7 Å². The Bertz CT molecular complexity index is 299. The summed E-state index contributed by atoms with van der Waals surface area (Å²) in [5.41, 5.74) is 0. The van der Waals surface area contributed by atoms with Crippen LogP contribution in [0.3, 0.4) is 0 Å². The molecule has 1 atom stereocenters. The van der Waals surface area contributed by atoms with E-state index in [0.29, 0.717) is 0 Å². The van der Waals surface area contributed by atoms with Gasteiger partial charge in [0.05, 0.1) is 0 Å². The molecule has 1 N–H and O–H groups in total. The highest BCUT2D eigenvalue weighted by molar-refractivity contribution is 5.32. The van der Waals surface area contributed by atoms with Crippen LogP contribution in [0.2, 0.25) is 0 Å². The number of hydrogen-bond donors (Lipinski definition) is 1. The Kier molecular flexibility index (Phi) is 5.83. The maximum Gasteiger partial charge on any atom is 0.129 e. The summed E-state index contributed by atoms with van der Waals surface area (Å²) in [7, 11) is 0. The van der Waals surface area contributed by atoms with E-state index in [0.717, 1.165) is 24.1 Å². The number of unbranched alkanes of at least 4 members (excludes halogenated alkanes) is 1. The van der Waals surface area contributed by atoms with Crippen LogP contribution in [0.15, 0.2) is 12.3 Å². The predicted octanol–water partition coefficient (Wildman–Crippen LogP) is 3.41. The van der Waals surface area contributed by atoms with E-state index in [4.69, 9.17) is 0 Å². The van der Waals surface area contributed by atoms with Crippen LogP contribution in [0.5, 0.6) is 0 Å². The van der Waals surface area contributed by atoms with Crippen molar-refractivity contribution >= 4 is 5.82 Å². The van der Waals surface area contributed by atoms with Crippen molar-refractivity contribution in [3.8, 4) is 0 Å². The molecule has 0 radical (unpaired) electrons. The zero-order valence-corrected chi connectivity index (χ0v) is 10.7. The molecule has 1 aromatic rings. The summed E-state index contributed by atoms with van der Waals surface area (Å²) in [5.74, 6) is 2.53. The first-order valence-electron chi connectivity index (χ1n) is 6.29. The molecule has 0 aliphatic carbocycles. The maximum absolute atomic E-state index is 4.34. The Morgan fingerprint density at radius 2 is 2.19 bits per heavy atom. The minimum Gasteiger partial charge on any atom is -0.370 e. The molecule has 0 fully saturated rings. The molecule has 1 rings (SSSR count). The largest absolute Gasteiger partial charge is 0.370 e. The summed E-state index contributed by atoms with van der Waals surface area (Å²) < 4.78 is 0. The number of anilines is 1. The van der Waals surface area contributed by atoms with Gasteiger partial charge in [0.2, 0.25) is 0 Å². The molecule has 0 bridgehead atoms. The van der Waals surface area contributed by atoms with Crippen molar-refractivity contribution in [3.63, 3.8) is 0 Å². The molecule has 0 spiro atoms. The molecule has 16 heavy (non-hydrogen) atoms. The molecule has 3 heteroatoms. The molecular weight excluding hydrogens is 198 g/mol. The van der Waals surface area contributed by atoms with Gasteiger partial charge in [-0.25, -0.2) is 9.97 Å². The standard InChI is InChI=1S/C13H23N3/c1-4-6-7-12(5-2)10-15-13-8-9-14-11(3)16-13/h8-9,12H,4-7,10H2,1-3H3,(H,14,15,16). The van der Waals surface area contributed by atoms with Crippen molar-refractivity contribution in [1.82, 2.24) is 9.97 Å². The lowest BCUT2D eigenvalue weighted by atomic mass is 9.99. The summed E-state index contributed by atoms with van der Waals surface area (Å²) in [4.78, 5) is 8.42. The zero-order chi connectivity index (χ0) is 11.8. The summed E-state index contributed by atoms with van der Waals surface area (Å²) in [6, 6.07) is 1.93. The van der Waals surface area contributed by atoms with Gasteiger partial charge >= 0.3 is 0 Å². The van der Waals surface area contributed by atoms with Gasteiger partial charge in [-0.3, -0.25) is 0 Å². The summed E-state index contributed by atoms with van der Waals surface area (Å²) in [5, 5.41) is 3.39. The molecule has 3 nitrogen and oxygen atoms in total. The van der Waals surface area contributed by atoms with Crippen LogP contribution < -0.4 is 5.32 Å². The van der Waals surface area contributed by atoms with E-state index >= 15 is 0 Å². The van der Waals surface area contributed by atoms with Crippen LogP contribution in [0, 0.1) is 12.8 Å². The Balaban J connectivity index is 2.37. The topological polar surface area (TPSA) is 37.8 Å². The lowest BCUT2D eigenvalue weighted by Gasteiger charge is -2.15. The van der Waals surface area contributed by atoms with E-state index < -0.39 is 0 Å². The van der Waals surface area contributed by atoms with Gasteiger partial charge in [-0.1, -0.05) is 33.1 Å². The second-order valence-electron chi connectivity index (χ2n) is 4.29. The first-order valence-corrected chi connectivity index (χ1v) is 6.29. The summed E-state index contributed by atoms with van der Waals surface area (Å²) >= 11 is 0. The molecule has 0 aromatic carbocycles. The van der Waals surface area contributed by atoms with Crippen molar-refractivity contribution in [2.45, 2.75) is 46.5 Å². The van der Waals surface area contributed by atoms with Gasteiger partial charge in [-0.05, 0) is 25.3 Å². The maximum atomic E-state index is 4.34. The van der Waals surface area contributed by atoms with Gasteiger partial charge in [-0.2, -0.15) is 0 Å². The van der Waals surface area contributed by atoms with Gasteiger partial charge in [0.1, 0.15) is 11.6 Å². The normalized spacial score (nSPS) is 12.4. The smallest absolute Gasteiger partial charge is 0.129 e. The van der Waals surface area contributed by atoms with Crippen LogP contribution in [-0.4, -0.2) is 16.5 Å². The lowest BCUT2D eigenvalue weighted by Crippen LogP contribution is -2.14. The number of aromatic nitrogens is 2. The van der Waals surface area contributed by atoms with Gasteiger partial charge in [0, 0.05) is 12.7 Å². The van der Waals surface area contributed by atoms with E-state index in [1.54, 1.807) is 6.20 Å². The lowest BCUT2D eigenvalue weighted by molar-refractivity contribution is 0.472. The molecule has 0 aliphatic heterocycles. The third-order valence-corrected chi connectivity index (χ3v) is 2.89. The van der Waals surface area contributed by atoms with Gasteiger partial charge in [-0.15, -0.1) is 0 Å². The predicted molar refractivity (Wildman–Crippen MR) is 68.6 cm³/mol. The minimum absolute atomic E-state index is 0.759. The fourth-order valence-corrected chi connectivity index (χ4v) is 1.75. The highest BCUT2D eigenvalue weighted by atomic mass is 15.0. The molecule has 1 unspecified atom stereocenters. The summed E-state index contributed by atoms with van der Waals surface area (Å²) in [6.07, 6.45) is 6.95. The molecule has 1 aromatic heterocycles. The van der Waals surface area contributed by atoms with Crippen LogP contribution in [0.4, 0.5) is 5.82 Å². The van der Waals surface area contributed by atoms with Crippen LogP contribution in [-0.2, 0) is 0 Å². The van der Waals surface area contributed by atoms with E-state index in [9.17, 15) is 0 Å². The van der Waals surface area contributed by atoms with Crippen molar-refractivity contribution in [3.05, 3.63) is 18.1 Å². The molecule has 0 amide bonds. The zero-order valence-electron chi connectivity index (χ0n) is 10.7. The molecule has 0 aliphatic rings. The highest BCUT2D eigenvalue weighted by Gasteiger charge is 2.05. The van der Waals surface area contributed by atoms with E-state index in [1.165, 1.54) is 25.7 Å².